The molecule has 4 rings (SSSR count). The van der Waals surface area contributed by atoms with Gasteiger partial charge in [0.25, 0.3) is 5.89 Å². The molecular weight excluding hydrogens is 340 g/mol. The smallest absolute Gasteiger partial charge is 0.257 e. The molecule has 0 spiro atoms. The minimum Gasteiger partial charge on any atom is -0.341 e. The second-order valence-electron chi connectivity index (χ2n) is 7.67. The second-order valence-corrected chi connectivity index (χ2v) is 7.67. The molecule has 1 amide bonds. The van der Waals surface area contributed by atoms with Gasteiger partial charge in [-0.2, -0.15) is 4.98 Å². The lowest BCUT2D eigenvalue weighted by molar-refractivity contribution is -0.136. The number of carbonyl (C=O) groups excluding carboxylic acids is 1. The van der Waals surface area contributed by atoms with Crippen LogP contribution in [0.3, 0.4) is 0 Å². The highest BCUT2D eigenvalue weighted by Crippen LogP contribution is 2.26. The zero-order valence-electron chi connectivity index (χ0n) is 15.8. The van der Waals surface area contributed by atoms with E-state index in [9.17, 15) is 4.79 Å². The predicted octanol–water partition coefficient (Wildman–Crippen LogP) is 3.35. The fraction of sp³-hybridized carbons (Fsp3) is 0.571. The van der Waals surface area contributed by atoms with Crippen molar-refractivity contribution in [2.24, 2.45) is 5.92 Å². The van der Waals surface area contributed by atoms with Crippen molar-refractivity contribution in [3.05, 3.63) is 36.2 Å². The van der Waals surface area contributed by atoms with Gasteiger partial charge >= 0.3 is 0 Å². The Labute approximate surface area is 160 Å². The summed E-state index contributed by atoms with van der Waals surface area (Å²) in [7, 11) is 0. The van der Waals surface area contributed by atoms with Gasteiger partial charge in [-0.05, 0) is 31.4 Å². The van der Waals surface area contributed by atoms with E-state index in [1.807, 2.05) is 30.3 Å². The quantitative estimate of drug-likeness (QED) is 0.828. The van der Waals surface area contributed by atoms with Crippen LogP contribution >= 0.6 is 0 Å². The van der Waals surface area contributed by atoms with Crippen molar-refractivity contribution in [3.63, 3.8) is 0 Å². The third-order valence-electron chi connectivity index (χ3n) is 5.71. The average Bonchev–Trinajstić information content (AvgIpc) is 3.07. The van der Waals surface area contributed by atoms with E-state index in [4.69, 9.17) is 4.52 Å². The largest absolute Gasteiger partial charge is 0.341 e. The van der Waals surface area contributed by atoms with E-state index >= 15 is 0 Å². The van der Waals surface area contributed by atoms with E-state index in [1.54, 1.807) is 0 Å². The molecule has 1 aromatic carbocycles. The van der Waals surface area contributed by atoms with Gasteiger partial charge in [0.05, 0.1) is 6.54 Å². The van der Waals surface area contributed by atoms with E-state index in [-0.39, 0.29) is 5.92 Å². The summed E-state index contributed by atoms with van der Waals surface area (Å²) in [4.78, 5) is 21.7. The molecular formula is C21H28N4O2. The van der Waals surface area contributed by atoms with Crippen molar-refractivity contribution in [2.45, 2.75) is 45.1 Å². The fourth-order valence-corrected chi connectivity index (χ4v) is 4.17. The third-order valence-corrected chi connectivity index (χ3v) is 5.71. The molecule has 144 valence electrons. The SMILES string of the molecule is O=C(C1CCCCC1)N1CCCN(Cc2noc(-c3ccccc3)n2)CC1. The van der Waals surface area contributed by atoms with E-state index in [1.165, 1.54) is 19.3 Å². The molecule has 6 nitrogen and oxygen atoms in total. The van der Waals surface area contributed by atoms with Gasteiger partial charge in [-0.15, -0.1) is 0 Å². The summed E-state index contributed by atoms with van der Waals surface area (Å²) in [5.74, 6) is 1.91. The van der Waals surface area contributed by atoms with Gasteiger partial charge in [-0.25, -0.2) is 0 Å². The third kappa shape index (κ3) is 4.56. The summed E-state index contributed by atoms with van der Waals surface area (Å²) in [5, 5.41) is 4.14. The Bertz CT molecular complexity index is 740. The van der Waals surface area contributed by atoms with Gasteiger partial charge in [-0.3, -0.25) is 9.69 Å². The first-order valence-corrected chi connectivity index (χ1v) is 10.2. The molecule has 2 heterocycles. The number of carbonyl (C=O) groups is 1. The Morgan fingerprint density at radius 2 is 1.81 bits per heavy atom. The molecule has 27 heavy (non-hydrogen) atoms. The van der Waals surface area contributed by atoms with Crippen LogP contribution in [0.4, 0.5) is 0 Å². The number of hydrogen-bond acceptors (Lipinski definition) is 5. The van der Waals surface area contributed by atoms with Crippen molar-refractivity contribution in [1.29, 1.82) is 0 Å². The molecule has 0 bridgehead atoms. The Hall–Kier alpha value is -2.21. The molecule has 1 aliphatic carbocycles. The number of amides is 1. The van der Waals surface area contributed by atoms with Crippen molar-refractivity contribution in [1.82, 2.24) is 19.9 Å². The summed E-state index contributed by atoms with van der Waals surface area (Å²) < 4.78 is 5.41. The highest BCUT2D eigenvalue weighted by atomic mass is 16.5. The highest BCUT2D eigenvalue weighted by Gasteiger charge is 2.27. The lowest BCUT2D eigenvalue weighted by Gasteiger charge is -2.28. The van der Waals surface area contributed by atoms with Gasteiger partial charge < -0.3 is 9.42 Å². The van der Waals surface area contributed by atoms with Crippen LogP contribution in [-0.4, -0.2) is 52.0 Å². The lowest BCUT2D eigenvalue weighted by Crippen LogP contribution is -2.39. The first kappa shape index (κ1) is 18.2. The van der Waals surface area contributed by atoms with Crippen LogP contribution in [0.1, 0.15) is 44.3 Å². The molecule has 0 unspecified atom stereocenters. The van der Waals surface area contributed by atoms with Crippen molar-refractivity contribution < 1.29 is 9.32 Å². The first-order valence-electron chi connectivity index (χ1n) is 10.2. The monoisotopic (exact) mass is 368 g/mol. The summed E-state index contributed by atoms with van der Waals surface area (Å²) >= 11 is 0. The van der Waals surface area contributed by atoms with Crippen LogP contribution in [0.25, 0.3) is 11.5 Å². The molecule has 2 aliphatic rings. The Balaban J connectivity index is 1.32. The molecule has 0 atom stereocenters. The maximum Gasteiger partial charge on any atom is 0.257 e. The molecule has 1 aliphatic heterocycles. The van der Waals surface area contributed by atoms with Crippen molar-refractivity contribution >= 4 is 5.91 Å². The molecule has 1 aromatic heterocycles. The zero-order chi connectivity index (χ0) is 18.5. The van der Waals surface area contributed by atoms with Gasteiger partial charge in [0.1, 0.15) is 0 Å². The molecule has 2 fully saturated rings. The molecule has 0 radical (unpaired) electrons. The van der Waals surface area contributed by atoms with Crippen LogP contribution < -0.4 is 0 Å². The lowest BCUT2D eigenvalue weighted by atomic mass is 9.88. The zero-order valence-corrected chi connectivity index (χ0v) is 15.8. The average molecular weight is 368 g/mol. The van der Waals surface area contributed by atoms with E-state index in [0.717, 1.165) is 51.0 Å². The van der Waals surface area contributed by atoms with Crippen molar-refractivity contribution in [2.75, 3.05) is 26.2 Å². The minimum atomic E-state index is 0.260. The van der Waals surface area contributed by atoms with Gasteiger partial charge in [-0.1, -0.05) is 42.6 Å². The molecule has 1 saturated carbocycles. The predicted molar refractivity (Wildman–Crippen MR) is 103 cm³/mol. The van der Waals surface area contributed by atoms with Crippen LogP contribution in [0, 0.1) is 5.92 Å². The summed E-state index contributed by atoms with van der Waals surface area (Å²) in [6, 6.07) is 9.84. The van der Waals surface area contributed by atoms with Crippen LogP contribution in [0.5, 0.6) is 0 Å². The van der Waals surface area contributed by atoms with E-state index < -0.39 is 0 Å². The standard InChI is InChI=1S/C21H28N4O2/c26-21(18-10-5-2-6-11-18)25-13-7-12-24(14-15-25)16-19-22-20(27-23-19)17-8-3-1-4-9-17/h1,3-4,8-9,18H,2,5-7,10-16H2. The van der Waals surface area contributed by atoms with Gasteiger partial charge in [0.15, 0.2) is 5.82 Å². The fourth-order valence-electron chi connectivity index (χ4n) is 4.17. The van der Waals surface area contributed by atoms with Crippen LogP contribution in [-0.2, 0) is 11.3 Å². The molecule has 1 saturated heterocycles. The summed E-state index contributed by atoms with van der Waals surface area (Å²) in [6.07, 6.45) is 6.85. The molecule has 6 heteroatoms. The number of benzene rings is 1. The van der Waals surface area contributed by atoms with Crippen LogP contribution in [0.2, 0.25) is 0 Å². The van der Waals surface area contributed by atoms with Gasteiger partial charge in [0, 0.05) is 37.7 Å². The topological polar surface area (TPSA) is 62.5 Å². The van der Waals surface area contributed by atoms with E-state index in [2.05, 4.69) is 19.9 Å². The normalized spacial score (nSPS) is 19.8. The highest BCUT2D eigenvalue weighted by molar-refractivity contribution is 5.79. The number of nitrogens with zero attached hydrogens (tertiary/aromatic N) is 4. The summed E-state index contributed by atoms with van der Waals surface area (Å²) in [6.45, 7) is 4.17. The second kappa shape index (κ2) is 8.65. The Kier molecular flexibility index (Phi) is 5.82. The summed E-state index contributed by atoms with van der Waals surface area (Å²) in [5.41, 5.74) is 0.941. The maximum absolute atomic E-state index is 12.8. The van der Waals surface area contributed by atoms with Crippen molar-refractivity contribution in [3.8, 4) is 11.5 Å². The van der Waals surface area contributed by atoms with E-state index in [0.29, 0.717) is 24.2 Å². The minimum absolute atomic E-state index is 0.260. The molecule has 0 N–H and O–H groups in total. The maximum atomic E-state index is 12.8. The Morgan fingerprint density at radius 1 is 1.00 bits per heavy atom. The number of hydrogen-bond donors (Lipinski definition) is 0. The Morgan fingerprint density at radius 3 is 2.63 bits per heavy atom. The molecule has 2 aromatic rings. The first-order chi connectivity index (χ1) is 13.3. The number of aromatic nitrogens is 2. The number of rotatable bonds is 4. The van der Waals surface area contributed by atoms with Gasteiger partial charge in [0.2, 0.25) is 5.91 Å². The van der Waals surface area contributed by atoms with Crippen LogP contribution in [0.15, 0.2) is 34.9 Å².